The highest BCUT2D eigenvalue weighted by molar-refractivity contribution is 7.98. The lowest BCUT2D eigenvalue weighted by Gasteiger charge is -2.29. The molecule has 2 atom stereocenters. The Morgan fingerprint density at radius 1 is 1.47 bits per heavy atom. The number of thioether (sulfide) groups is 1. The molecule has 2 fully saturated rings. The van der Waals surface area contributed by atoms with E-state index in [9.17, 15) is 9.59 Å². The predicted molar refractivity (Wildman–Crippen MR) is 68.8 cm³/mol. The monoisotopic (exact) mass is 256 g/mol. The quantitative estimate of drug-likeness (QED) is 0.812. The smallest absolute Gasteiger partial charge is 0.245 e. The zero-order chi connectivity index (χ0) is 12.4. The normalized spacial score (nSPS) is 27.6. The Labute approximate surface area is 106 Å². The molecule has 0 aromatic carbocycles. The fourth-order valence-electron chi connectivity index (χ4n) is 2.34. The van der Waals surface area contributed by atoms with Crippen LogP contribution in [0.4, 0.5) is 0 Å². The summed E-state index contributed by atoms with van der Waals surface area (Å²) in [6.45, 7) is 2.63. The molecule has 2 aliphatic rings. The van der Waals surface area contributed by atoms with Gasteiger partial charge in [0.2, 0.25) is 11.8 Å². The largest absolute Gasteiger partial charge is 0.344 e. The van der Waals surface area contributed by atoms with Gasteiger partial charge < -0.3 is 10.2 Å². The minimum atomic E-state index is -0.255. The van der Waals surface area contributed by atoms with Crippen LogP contribution in [0.15, 0.2) is 0 Å². The lowest BCUT2D eigenvalue weighted by Crippen LogP contribution is -2.49. The van der Waals surface area contributed by atoms with Crippen LogP contribution in [0.3, 0.4) is 0 Å². The highest BCUT2D eigenvalue weighted by Gasteiger charge is 2.41. The first-order valence-electron chi connectivity index (χ1n) is 6.22. The van der Waals surface area contributed by atoms with Crippen LogP contribution in [0.2, 0.25) is 0 Å². The standard InChI is InChI=1S/C12H20N2O2S/c1-8(7-17-2)14-6-5-10(15)13-11(12(14)16)9-3-4-9/h8-9,11H,3-7H2,1-2H3,(H,13,15). The topological polar surface area (TPSA) is 49.4 Å². The molecule has 96 valence electrons. The van der Waals surface area contributed by atoms with E-state index in [0.29, 0.717) is 18.9 Å². The number of nitrogens with zero attached hydrogens (tertiary/aromatic N) is 1. The molecule has 1 aliphatic heterocycles. The van der Waals surface area contributed by atoms with E-state index in [4.69, 9.17) is 0 Å². The zero-order valence-electron chi connectivity index (χ0n) is 10.4. The Morgan fingerprint density at radius 2 is 2.18 bits per heavy atom. The van der Waals surface area contributed by atoms with Crippen molar-refractivity contribution in [2.45, 2.75) is 38.3 Å². The Kier molecular flexibility index (Phi) is 3.97. The third kappa shape index (κ3) is 2.94. The number of nitrogens with one attached hydrogen (secondary N) is 1. The van der Waals surface area contributed by atoms with E-state index in [2.05, 4.69) is 12.2 Å². The third-order valence-corrected chi connectivity index (χ3v) is 4.29. The number of carbonyl (C=O) groups excluding carboxylic acids is 2. The van der Waals surface area contributed by atoms with Crippen LogP contribution >= 0.6 is 11.8 Å². The van der Waals surface area contributed by atoms with Crippen molar-refractivity contribution < 1.29 is 9.59 Å². The molecule has 5 heteroatoms. The van der Waals surface area contributed by atoms with Gasteiger partial charge in [-0.1, -0.05) is 0 Å². The van der Waals surface area contributed by atoms with Crippen LogP contribution in [-0.2, 0) is 9.59 Å². The SMILES string of the molecule is CSCC(C)N1CCC(=O)NC(C2CC2)C1=O. The number of amides is 2. The van der Waals surface area contributed by atoms with Gasteiger partial charge in [-0.2, -0.15) is 11.8 Å². The molecule has 1 saturated carbocycles. The number of hydrogen-bond donors (Lipinski definition) is 1. The molecule has 0 bridgehead atoms. The van der Waals surface area contributed by atoms with Gasteiger partial charge in [0.25, 0.3) is 0 Å². The van der Waals surface area contributed by atoms with E-state index >= 15 is 0 Å². The van der Waals surface area contributed by atoms with E-state index < -0.39 is 0 Å². The molecule has 1 saturated heterocycles. The van der Waals surface area contributed by atoms with Crippen molar-refractivity contribution in [2.24, 2.45) is 5.92 Å². The summed E-state index contributed by atoms with van der Waals surface area (Å²) in [4.78, 5) is 25.9. The van der Waals surface area contributed by atoms with Crippen molar-refractivity contribution in [2.75, 3.05) is 18.6 Å². The summed E-state index contributed by atoms with van der Waals surface area (Å²) in [6, 6.07) is -0.0410. The lowest BCUT2D eigenvalue weighted by molar-refractivity contribution is -0.135. The van der Waals surface area contributed by atoms with Gasteiger partial charge in [-0.25, -0.2) is 0 Å². The van der Waals surface area contributed by atoms with Gasteiger partial charge in [0.1, 0.15) is 6.04 Å². The Bertz CT molecular complexity index is 318. The van der Waals surface area contributed by atoms with Crippen molar-refractivity contribution in [3.05, 3.63) is 0 Å². The maximum absolute atomic E-state index is 12.4. The molecule has 17 heavy (non-hydrogen) atoms. The Balaban J connectivity index is 2.09. The molecule has 1 N–H and O–H groups in total. The Hall–Kier alpha value is -0.710. The summed E-state index contributed by atoms with van der Waals surface area (Å²) >= 11 is 1.74. The second kappa shape index (κ2) is 5.29. The minimum Gasteiger partial charge on any atom is -0.344 e. The van der Waals surface area contributed by atoms with Crippen molar-refractivity contribution in [1.82, 2.24) is 10.2 Å². The summed E-state index contributed by atoms with van der Waals surface area (Å²) in [6.07, 6.45) is 4.62. The minimum absolute atomic E-state index is 0.0223. The molecule has 2 amide bonds. The third-order valence-electron chi connectivity index (χ3n) is 3.48. The van der Waals surface area contributed by atoms with Crippen LogP contribution in [0.5, 0.6) is 0 Å². The predicted octanol–water partition coefficient (Wildman–Crippen LogP) is 0.865. The molecule has 0 aromatic rings. The number of carbonyl (C=O) groups is 2. The molecule has 1 heterocycles. The van der Waals surface area contributed by atoms with Crippen molar-refractivity contribution in [3.8, 4) is 0 Å². The Morgan fingerprint density at radius 3 is 2.76 bits per heavy atom. The fraction of sp³-hybridized carbons (Fsp3) is 0.833. The van der Waals surface area contributed by atoms with Crippen molar-refractivity contribution in [1.29, 1.82) is 0 Å². The van der Waals surface area contributed by atoms with Crippen LogP contribution in [-0.4, -0.2) is 47.4 Å². The van der Waals surface area contributed by atoms with E-state index in [-0.39, 0.29) is 23.9 Å². The maximum atomic E-state index is 12.4. The van der Waals surface area contributed by atoms with E-state index in [1.54, 1.807) is 11.8 Å². The van der Waals surface area contributed by atoms with Gasteiger partial charge in [-0.05, 0) is 31.9 Å². The first kappa shape index (κ1) is 12.7. The highest BCUT2D eigenvalue weighted by atomic mass is 32.2. The van der Waals surface area contributed by atoms with Crippen molar-refractivity contribution >= 4 is 23.6 Å². The molecule has 4 nitrogen and oxygen atoms in total. The molecule has 2 unspecified atom stereocenters. The van der Waals surface area contributed by atoms with Gasteiger partial charge in [0.15, 0.2) is 0 Å². The fourth-order valence-corrected chi connectivity index (χ4v) is 3.00. The van der Waals surface area contributed by atoms with Gasteiger partial charge in [-0.15, -0.1) is 0 Å². The first-order valence-corrected chi connectivity index (χ1v) is 7.61. The number of rotatable bonds is 4. The molecule has 2 rings (SSSR count). The van der Waals surface area contributed by atoms with Crippen LogP contribution in [0, 0.1) is 5.92 Å². The molecular weight excluding hydrogens is 236 g/mol. The second-order valence-corrected chi connectivity index (χ2v) is 5.88. The van der Waals surface area contributed by atoms with E-state index in [0.717, 1.165) is 18.6 Å². The van der Waals surface area contributed by atoms with Gasteiger partial charge in [-0.3, -0.25) is 9.59 Å². The summed E-state index contributed by atoms with van der Waals surface area (Å²) in [7, 11) is 0. The van der Waals surface area contributed by atoms with Crippen molar-refractivity contribution in [3.63, 3.8) is 0 Å². The zero-order valence-corrected chi connectivity index (χ0v) is 11.3. The average Bonchev–Trinajstić information content (AvgIpc) is 3.09. The molecule has 0 aromatic heterocycles. The van der Waals surface area contributed by atoms with Gasteiger partial charge in [0, 0.05) is 24.8 Å². The van der Waals surface area contributed by atoms with Crippen LogP contribution in [0.25, 0.3) is 0 Å². The summed E-state index contributed by atoms with van der Waals surface area (Å²) < 4.78 is 0. The average molecular weight is 256 g/mol. The second-order valence-electron chi connectivity index (χ2n) is 4.97. The highest BCUT2D eigenvalue weighted by Crippen LogP contribution is 2.34. The molecule has 1 aliphatic carbocycles. The lowest BCUT2D eigenvalue weighted by atomic mass is 10.1. The molecule has 0 radical (unpaired) electrons. The number of hydrogen-bond acceptors (Lipinski definition) is 3. The van der Waals surface area contributed by atoms with E-state index in [1.807, 2.05) is 11.2 Å². The summed E-state index contributed by atoms with van der Waals surface area (Å²) in [5.41, 5.74) is 0. The molecular formula is C12H20N2O2S. The maximum Gasteiger partial charge on any atom is 0.245 e. The van der Waals surface area contributed by atoms with Crippen LogP contribution < -0.4 is 5.32 Å². The summed E-state index contributed by atoms with van der Waals surface area (Å²) in [5.74, 6) is 1.46. The first-order chi connectivity index (χ1) is 8.13. The van der Waals surface area contributed by atoms with Crippen LogP contribution in [0.1, 0.15) is 26.2 Å². The van der Waals surface area contributed by atoms with E-state index in [1.165, 1.54) is 0 Å². The van der Waals surface area contributed by atoms with Gasteiger partial charge in [0.05, 0.1) is 0 Å². The molecule has 0 spiro atoms. The summed E-state index contributed by atoms with van der Waals surface area (Å²) in [5, 5.41) is 2.88. The van der Waals surface area contributed by atoms with Gasteiger partial charge >= 0.3 is 0 Å².